The number of hydrogen-bond acceptors (Lipinski definition) is 10. The van der Waals surface area contributed by atoms with Gasteiger partial charge >= 0.3 is 0 Å². The molecule has 1 aliphatic heterocycles. The van der Waals surface area contributed by atoms with Crippen LogP contribution in [0.2, 0.25) is 0 Å². The summed E-state index contributed by atoms with van der Waals surface area (Å²) in [6, 6.07) is 9.58. The van der Waals surface area contributed by atoms with E-state index in [1.807, 2.05) is 26.0 Å². The fourth-order valence-electron chi connectivity index (χ4n) is 6.56. The molecule has 0 radical (unpaired) electrons. The van der Waals surface area contributed by atoms with E-state index in [0.717, 1.165) is 0 Å². The lowest BCUT2D eigenvalue weighted by atomic mass is 10.1. The number of anilines is 2. The van der Waals surface area contributed by atoms with Gasteiger partial charge in [0.1, 0.15) is 33.9 Å². The van der Waals surface area contributed by atoms with Crippen molar-refractivity contribution in [1.29, 1.82) is 0 Å². The minimum Gasteiger partial charge on any atom is -0.491 e. The minimum atomic E-state index is -0.672. The summed E-state index contributed by atoms with van der Waals surface area (Å²) in [6.07, 6.45) is 4.08. The van der Waals surface area contributed by atoms with Crippen LogP contribution >= 0.6 is 0 Å². The summed E-state index contributed by atoms with van der Waals surface area (Å²) < 4.78 is 19.2. The number of rotatable bonds is 8. The first kappa shape index (κ1) is 36.4. The Morgan fingerprint density at radius 1 is 0.673 bits per heavy atom. The number of benzene rings is 2. The second-order valence-corrected chi connectivity index (χ2v) is 12.9. The Kier molecular flexibility index (Phi) is 9.79. The first-order chi connectivity index (χ1) is 26.4. The number of primary amides is 2. The number of hydrogen-bond donors (Lipinski definition) is 4. The molecule has 4 aromatic heterocycles. The highest BCUT2D eigenvalue weighted by atomic mass is 16.5. The molecule has 0 spiro atoms. The molecule has 0 unspecified atom stereocenters. The van der Waals surface area contributed by atoms with E-state index in [1.165, 1.54) is 0 Å². The molecule has 2 aromatic carbocycles. The number of nitrogens with one attached hydrogen (secondary N) is 2. The SMILES string of the molecule is CCn1nc(C)cc1C(=O)Nc1nc2cc(C(N)=O)cc3c2n1C/C=C\Cn1c(NC(=O)c2cc(C)nn2CC)nc2cc(C(N)=O)cc(c21)OCCCO3. The van der Waals surface area contributed by atoms with Gasteiger partial charge in [0, 0.05) is 43.7 Å². The Morgan fingerprint density at radius 3 is 1.47 bits per heavy atom. The monoisotopic (exact) mass is 748 g/mol. The topological polar surface area (TPSA) is 234 Å². The molecule has 55 heavy (non-hydrogen) atoms. The van der Waals surface area contributed by atoms with Gasteiger partial charge in [-0.15, -0.1) is 0 Å². The zero-order valence-corrected chi connectivity index (χ0v) is 30.8. The van der Waals surface area contributed by atoms with Crippen molar-refractivity contribution in [3.05, 3.63) is 82.5 Å². The number of nitrogens with zero attached hydrogens (tertiary/aromatic N) is 8. The molecule has 0 fully saturated rings. The van der Waals surface area contributed by atoms with Crippen molar-refractivity contribution in [2.24, 2.45) is 11.5 Å². The van der Waals surface area contributed by atoms with E-state index in [4.69, 9.17) is 30.9 Å². The van der Waals surface area contributed by atoms with Crippen molar-refractivity contribution >= 4 is 57.6 Å². The number of nitrogens with two attached hydrogens (primary N) is 2. The lowest BCUT2D eigenvalue weighted by molar-refractivity contribution is 0.0991. The summed E-state index contributed by atoms with van der Waals surface area (Å²) >= 11 is 0. The lowest BCUT2D eigenvalue weighted by Gasteiger charge is -2.13. The van der Waals surface area contributed by atoms with Gasteiger partial charge in [-0.1, -0.05) is 12.2 Å². The van der Waals surface area contributed by atoms with Crippen LogP contribution in [0.25, 0.3) is 22.1 Å². The van der Waals surface area contributed by atoms with Crippen LogP contribution in [0.15, 0.2) is 48.6 Å². The minimum absolute atomic E-state index is 0.152. The van der Waals surface area contributed by atoms with Gasteiger partial charge in [-0.3, -0.25) is 39.2 Å². The van der Waals surface area contributed by atoms with E-state index in [1.54, 1.807) is 68.7 Å². The number of carbonyl (C=O) groups is 4. The third-order valence-electron chi connectivity index (χ3n) is 9.05. The Bertz CT molecular complexity index is 2370. The van der Waals surface area contributed by atoms with Crippen LogP contribution in [-0.2, 0) is 26.2 Å². The van der Waals surface area contributed by atoms with E-state index >= 15 is 0 Å². The average molecular weight is 749 g/mol. The van der Waals surface area contributed by atoms with Gasteiger partial charge in [0.15, 0.2) is 0 Å². The molecule has 18 heteroatoms. The maximum Gasteiger partial charge on any atom is 0.276 e. The standard InChI is InChI=1S/C37H40N12O6/c1-5-48-26(14-20(3)44-48)34(52)42-36-40-24-16-22(32(38)50)18-28-30(24)46(36)10-7-8-11-47-31-25(17-23(33(39)51)19-29(31)55-13-9-12-54-28)41-37(47)43-35(53)27-15-21(4)45-49(27)6-2/h7-8,14-19H,5-6,9-13H2,1-4H3,(H2,38,50)(H2,39,51)(H,40,42,52)(H,41,43,53)/b8-7-. The highest BCUT2D eigenvalue weighted by Crippen LogP contribution is 2.34. The number of aromatic nitrogens is 8. The molecule has 7 rings (SSSR count). The largest absolute Gasteiger partial charge is 0.491 e. The third-order valence-corrected chi connectivity index (χ3v) is 9.05. The number of carbonyl (C=O) groups excluding carboxylic acids is 4. The summed E-state index contributed by atoms with van der Waals surface area (Å²) in [5.41, 5.74) is 15.6. The molecule has 284 valence electrons. The molecule has 4 amide bonds. The fourth-order valence-corrected chi connectivity index (χ4v) is 6.56. The molecule has 6 N–H and O–H groups in total. The fraction of sp³-hybridized carbons (Fsp3) is 0.297. The zero-order valence-electron chi connectivity index (χ0n) is 30.8. The van der Waals surface area contributed by atoms with E-state index < -0.39 is 23.6 Å². The lowest BCUT2D eigenvalue weighted by Crippen LogP contribution is -2.20. The number of imidazole rings is 2. The molecule has 0 bridgehead atoms. The first-order valence-electron chi connectivity index (χ1n) is 17.8. The zero-order chi connectivity index (χ0) is 39.0. The summed E-state index contributed by atoms with van der Waals surface area (Å²) in [5.74, 6) is -1.11. The van der Waals surface area contributed by atoms with E-state index in [9.17, 15) is 19.2 Å². The Hall–Kier alpha value is -6.98. The maximum atomic E-state index is 13.6. The molecule has 18 nitrogen and oxygen atoms in total. The highest BCUT2D eigenvalue weighted by Gasteiger charge is 2.24. The van der Waals surface area contributed by atoms with Crippen LogP contribution in [0, 0.1) is 13.8 Å². The van der Waals surface area contributed by atoms with Crippen LogP contribution in [0.5, 0.6) is 11.5 Å². The van der Waals surface area contributed by atoms with Crippen molar-refractivity contribution in [2.75, 3.05) is 23.8 Å². The second-order valence-electron chi connectivity index (χ2n) is 12.9. The van der Waals surface area contributed by atoms with Crippen molar-refractivity contribution in [1.82, 2.24) is 38.7 Å². The molecule has 6 aromatic rings. The van der Waals surface area contributed by atoms with Gasteiger partial charge < -0.3 is 30.1 Å². The normalized spacial score (nSPS) is 13.7. The summed E-state index contributed by atoms with van der Waals surface area (Å²) in [4.78, 5) is 61.4. The number of ether oxygens (including phenoxy) is 2. The van der Waals surface area contributed by atoms with Gasteiger partial charge in [0.25, 0.3) is 11.8 Å². The summed E-state index contributed by atoms with van der Waals surface area (Å²) in [7, 11) is 0. The van der Waals surface area contributed by atoms with Crippen LogP contribution in [0.1, 0.15) is 73.3 Å². The summed E-state index contributed by atoms with van der Waals surface area (Å²) in [6.45, 7) is 9.06. The number of amides is 4. The molecule has 0 saturated carbocycles. The van der Waals surface area contributed by atoms with Gasteiger partial charge in [0.2, 0.25) is 23.7 Å². The predicted octanol–water partition coefficient (Wildman–Crippen LogP) is 3.56. The number of aryl methyl sites for hydroxylation is 4. The first-order valence-corrected chi connectivity index (χ1v) is 17.8. The van der Waals surface area contributed by atoms with Gasteiger partial charge in [-0.05, 0) is 64.1 Å². The van der Waals surface area contributed by atoms with Crippen molar-refractivity contribution in [3.8, 4) is 11.5 Å². The maximum absolute atomic E-state index is 13.6. The summed E-state index contributed by atoms with van der Waals surface area (Å²) in [5, 5.41) is 14.6. The molecule has 0 aliphatic carbocycles. The molecular formula is C37H40N12O6. The van der Waals surface area contributed by atoms with E-state index in [0.29, 0.717) is 75.9 Å². The van der Waals surface area contributed by atoms with Crippen molar-refractivity contribution in [2.45, 2.75) is 60.3 Å². The second kappa shape index (κ2) is 14.8. The predicted molar refractivity (Wildman–Crippen MR) is 202 cm³/mol. The highest BCUT2D eigenvalue weighted by molar-refractivity contribution is 6.05. The molecule has 1 aliphatic rings. The van der Waals surface area contributed by atoms with Crippen LogP contribution < -0.4 is 31.6 Å². The Morgan fingerprint density at radius 2 is 1.09 bits per heavy atom. The van der Waals surface area contributed by atoms with Crippen LogP contribution in [-0.4, -0.2) is 75.5 Å². The third kappa shape index (κ3) is 7.08. The van der Waals surface area contributed by atoms with Crippen LogP contribution in [0.3, 0.4) is 0 Å². The quantitative estimate of drug-likeness (QED) is 0.165. The van der Waals surface area contributed by atoms with E-state index in [-0.39, 0.29) is 49.3 Å². The van der Waals surface area contributed by atoms with Gasteiger partial charge in [0.05, 0.1) is 35.6 Å². The molecule has 0 atom stereocenters. The smallest absolute Gasteiger partial charge is 0.276 e. The van der Waals surface area contributed by atoms with E-state index in [2.05, 4.69) is 20.8 Å². The Labute approximate surface area is 314 Å². The molecular weight excluding hydrogens is 708 g/mol. The van der Waals surface area contributed by atoms with Crippen LogP contribution in [0.4, 0.5) is 11.9 Å². The average Bonchev–Trinajstić information content (AvgIpc) is 3.91. The molecule has 5 heterocycles. The number of allylic oxidation sites excluding steroid dienone is 2. The molecule has 0 saturated heterocycles. The van der Waals surface area contributed by atoms with Gasteiger partial charge in [-0.2, -0.15) is 10.2 Å². The Balaban J connectivity index is 1.32. The van der Waals surface area contributed by atoms with Crippen molar-refractivity contribution < 1.29 is 28.7 Å². The van der Waals surface area contributed by atoms with Crippen molar-refractivity contribution in [3.63, 3.8) is 0 Å². The van der Waals surface area contributed by atoms with Gasteiger partial charge in [-0.25, -0.2) is 9.97 Å².